The summed E-state index contributed by atoms with van der Waals surface area (Å²) in [6, 6.07) is 9.51. The molecule has 0 spiro atoms. The van der Waals surface area contributed by atoms with E-state index < -0.39 is 0 Å². The van der Waals surface area contributed by atoms with Gasteiger partial charge in [0.25, 0.3) is 0 Å². The lowest BCUT2D eigenvalue weighted by atomic mass is 9.76. The summed E-state index contributed by atoms with van der Waals surface area (Å²) in [6.07, 6.45) is 10.6. The van der Waals surface area contributed by atoms with Crippen molar-refractivity contribution in [1.82, 2.24) is 0 Å². The number of rotatable bonds is 10. The van der Waals surface area contributed by atoms with Crippen LogP contribution in [-0.2, 0) is 10.8 Å². The number of benzene rings is 1. The van der Waals surface area contributed by atoms with Crippen LogP contribution in [0.4, 0.5) is 0 Å². The number of hydrogen-bond donors (Lipinski definition) is 0. The Morgan fingerprint density at radius 1 is 0.591 bits per heavy atom. The predicted molar refractivity (Wildman–Crippen MR) is 101 cm³/mol. The van der Waals surface area contributed by atoms with Gasteiger partial charge < -0.3 is 0 Å². The van der Waals surface area contributed by atoms with Crippen LogP contribution in [0.25, 0.3) is 0 Å². The highest BCUT2D eigenvalue weighted by molar-refractivity contribution is 5.31. The average molecular weight is 303 g/mol. The van der Waals surface area contributed by atoms with Gasteiger partial charge in [0.05, 0.1) is 0 Å². The maximum atomic E-state index is 2.39. The van der Waals surface area contributed by atoms with Gasteiger partial charge in [0, 0.05) is 0 Å². The van der Waals surface area contributed by atoms with E-state index in [4.69, 9.17) is 0 Å². The van der Waals surface area contributed by atoms with E-state index in [2.05, 4.69) is 65.8 Å². The van der Waals surface area contributed by atoms with Crippen molar-refractivity contribution in [2.24, 2.45) is 0 Å². The standard InChI is InChI=1S/C22H38/c1-7-9-11-17-21(3,4)19-13-15-20(16-14-19)22(5,6)18-12-10-8-2/h13-16H,7-12,17-18H2,1-6H3. The minimum Gasteiger partial charge on any atom is -0.0654 e. The van der Waals surface area contributed by atoms with Gasteiger partial charge in [0.15, 0.2) is 0 Å². The summed E-state index contributed by atoms with van der Waals surface area (Å²) in [5.74, 6) is 0. The zero-order valence-corrected chi connectivity index (χ0v) is 16.0. The maximum absolute atomic E-state index is 2.39. The maximum Gasteiger partial charge on any atom is -0.0104 e. The second kappa shape index (κ2) is 8.75. The molecule has 22 heavy (non-hydrogen) atoms. The van der Waals surface area contributed by atoms with Crippen LogP contribution in [0.15, 0.2) is 24.3 Å². The molecule has 1 rings (SSSR count). The van der Waals surface area contributed by atoms with Gasteiger partial charge in [-0.05, 0) is 34.8 Å². The molecule has 0 bridgehead atoms. The van der Waals surface area contributed by atoms with Crippen LogP contribution in [0.5, 0.6) is 0 Å². The Balaban J connectivity index is 2.72. The predicted octanol–water partition coefficient (Wildman–Crippen LogP) is 7.40. The van der Waals surface area contributed by atoms with Crippen LogP contribution in [0, 0.1) is 0 Å². The van der Waals surface area contributed by atoms with Crippen molar-refractivity contribution in [2.75, 3.05) is 0 Å². The molecule has 0 nitrogen and oxygen atoms in total. The van der Waals surface area contributed by atoms with E-state index in [1.54, 1.807) is 0 Å². The monoisotopic (exact) mass is 302 g/mol. The summed E-state index contributed by atoms with van der Waals surface area (Å²) in [4.78, 5) is 0. The van der Waals surface area contributed by atoms with Crippen molar-refractivity contribution >= 4 is 0 Å². The Kier molecular flexibility index (Phi) is 7.66. The highest BCUT2D eigenvalue weighted by Crippen LogP contribution is 2.33. The van der Waals surface area contributed by atoms with Crippen molar-refractivity contribution in [3.8, 4) is 0 Å². The molecule has 1 aromatic rings. The Morgan fingerprint density at radius 2 is 0.909 bits per heavy atom. The van der Waals surface area contributed by atoms with Crippen LogP contribution in [0.2, 0.25) is 0 Å². The Hall–Kier alpha value is -0.780. The third-order valence-electron chi connectivity index (χ3n) is 5.26. The molecule has 0 amide bonds. The first kappa shape index (κ1) is 19.3. The molecule has 0 N–H and O–H groups in total. The molecule has 0 aliphatic carbocycles. The second-order valence-electron chi connectivity index (χ2n) is 8.26. The van der Waals surface area contributed by atoms with Crippen molar-refractivity contribution < 1.29 is 0 Å². The van der Waals surface area contributed by atoms with Crippen LogP contribution in [0.3, 0.4) is 0 Å². The minimum atomic E-state index is 0.306. The van der Waals surface area contributed by atoms with E-state index >= 15 is 0 Å². The number of hydrogen-bond acceptors (Lipinski definition) is 0. The lowest BCUT2D eigenvalue weighted by Crippen LogP contribution is -2.19. The summed E-state index contributed by atoms with van der Waals surface area (Å²) in [7, 11) is 0. The molecule has 0 saturated heterocycles. The Bertz CT molecular complexity index is 367. The molecule has 0 radical (unpaired) electrons. The molecular weight excluding hydrogens is 264 g/mol. The average Bonchev–Trinajstić information content (AvgIpc) is 2.48. The van der Waals surface area contributed by atoms with Crippen LogP contribution >= 0.6 is 0 Å². The molecule has 0 aliphatic rings. The van der Waals surface area contributed by atoms with E-state index in [1.807, 2.05) is 0 Å². The first-order valence-corrected chi connectivity index (χ1v) is 9.44. The minimum absolute atomic E-state index is 0.306. The van der Waals surface area contributed by atoms with E-state index in [0.29, 0.717) is 10.8 Å². The van der Waals surface area contributed by atoms with Gasteiger partial charge in [-0.3, -0.25) is 0 Å². The van der Waals surface area contributed by atoms with Gasteiger partial charge in [-0.2, -0.15) is 0 Å². The normalized spacial score (nSPS) is 12.6. The molecule has 0 aliphatic heterocycles. The first-order valence-electron chi connectivity index (χ1n) is 9.44. The Labute approximate surface area is 139 Å². The molecule has 0 aromatic heterocycles. The van der Waals surface area contributed by atoms with Gasteiger partial charge in [-0.25, -0.2) is 0 Å². The molecule has 1 aromatic carbocycles. The summed E-state index contributed by atoms with van der Waals surface area (Å²) in [6.45, 7) is 14.1. The lowest BCUT2D eigenvalue weighted by molar-refractivity contribution is 0.442. The highest BCUT2D eigenvalue weighted by Gasteiger charge is 2.23. The zero-order valence-electron chi connectivity index (χ0n) is 16.0. The Morgan fingerprint density at radius 3 is 1.18 bits per heavy atom. The second-order valence-corrected chi connectivity index (χ2v) is 8.26. The van der Waals surface area contributed by atoms with E-state index in [1.165, 1.54) is 62.5 Å². The summed E-state index contributed by atoms with van der Waals surface area (Å²) >= 11 is 0. The van der Waals surface area contributed by atoms with Crippen molar-refractivity contribution in [3.05, 3.63) is 35.4 Å². The highest BCUT2D eigenvalue weighted by atomic mass is 14.3. The first-order chi connectivity index (χ1) is 10.3. The lowest BCUT2D eigenvalue weighted by Gasteiger charge is -2.29. The SMILES string of the molecule is CCCCCC(C)(C)c1ccc(C(C)(C)CCCCC)cc1. The summed E-state index contributed by atoms with van der Waals surface area (Å²) in [5.41, 5.74) is 3.61. The number of unbranched alkanes of at least 4 members (excludes halogenated alkanes) is 4. The van der Waals surface area contributed by atoms with Crippen molar-refractivity contribution in [3.63, 3.8) is 0 Å². The fourth-order valence-corrected chi connectivity index (χ4v) is 3.30. The van der Waals surface area contributed by atoms with E-state index in [9.17, 15) is 0 Å². The molecule has 0 heterocycles. The van der Waals surface area contributed by atoms with Gasteiger partial charge in [-0.1, -0.05) is 104 Å². The van der Waals surface area contributed by atoms with Crippen molar-refractivity contribution in [2.45, 2.75) is 104 Å². The van der Waals surface area contributed by atoms with Gasteiger partial charge in [-0.15, -0.1) is 0 Å². The molecule has 0 atom stereocenters. The van der Waals surface area contributed by atoms with Crippen LogP contribution < -0.4 is 0 Å². The zero-order chi connectivity index (χ0) is 16.6. The van der Waals surface area contributed by atoms with Crippen LogP contribution in [0.1, 0.15) is 104 Å². The van der Waals surface area contributed by atoms with Gasteiger partial charge in [0.1, 0.15) is 0 Å². The molecular formula is C22H38. The third kappa shape index (κ3) is 5.78. The van der Waals surface area contributed by atoms with Gasteiger partial charge in [0.2, 0.25) is 0 Å². The topological polar surface area (TPSA) is 0 Å². The van der Waals surface area contributed by atoms with E-state index in [0.717, 1.165) is 0 Å². The van der Waals surface area contributed by atoms with Crippen molar-refractivity contribution in [1.29, 1.82) is 0 Å². The largest absolute Gasteiger partial charge is 0.0654 e. The molecule has 0 fully saturated rings. The quantitative estimate of drug-likeness (QED) is 0.395. The third-order valence-corrected chi connectivity index (χ3v) is 5.26. The van der Waals surface area contributed by atoms with Gasteiger partial charge >= 0.3 is 0 Å². The molecule has 0 saturated carbocycles. The molecule has 0 heteroatoms. The smallest absolute Gasteiger partial charge is 0.0104 e. The fourth-order valence-electron chi connectivity index (χ4n) is 3.30. The molecule has 126 valence electrons. The van der Waals surface area contributed by atoms with E-state index in [-0.39, 0.29) is 0 Å². The van der Waals surface area contributed by atoms with Crippen LogP contribution in [-0.4, -0.2) is 0 Å². The summed E-state index contributed by atoms with van der Waals surface area (Å²) < 4.78 is 0. The summed E-state index contributed by atoms with van der Waals surface area (Å²) in [5, 5.41) is 0. The molecule has 0 unspecified atom stereocenters. The fraction of sp³-hybridized carbons (Fsp3) is 0.727.